The van der Waals surface area contributed by atoms with Gasteiger partial charge in [0.1, 0.15) is 12.4 Å². The molecule has 0 bridgehead atoms. The molecule has 28 heavy (non-hydrogen) atoms. The van der Waals surface area contributed by atoms with E-state index in [9.17, 15) is 30.8 Å². The van der Waals surface area contributed by atoms with Crippen LogP contribution in [0.25, 0.3) is 0 Å². The molecule has 0 aliphatic heterocycles. The fourth-order valence-corrected chi connectivity index (χ4v) is 3.25. The Kier molecular flexibility index (Phi) is 6.30. The molecule has 0 aliphatic rings. The maximum Gasteiger partial charge on any atom is 0.416 e. The third-order valence-corrected chi connectivity index (χ3v) is 5.46. The molecule has 1 amide bonds. The lowest BCUT2D eigenvalue weighted by Gasteiger charge is -2.26. The molecule has 2 rings (SSSR count). The Hall–Kier alpha value is -2.66. The minimum absolute atomic E-state index is 0.0534. The zero-order chi connectivity index (χ0) is 21.1. The number of anilines is 2. The van der Waals surface area contributed by atoms with E-state index in [1.165, 1.54) is 26.2 Å². The normalized spacial score (nSPS) is 12.1. The summed E-state index contributed by atoms with van der Waals surface area (Å²) in [4.78, 5) is 12.3. The van der Waals surface area contributed by atoms with E-state index in [1.807, 2.05) is 0 Å². The van der Waals surface area contributed by atoms with E-state index in [2.05, 4.69) is 5.32 Å². The second-order valence-electron chi connectivity index (χ2n) is 5.90. The smallest absolute Gasteiger partial charge is 0.325 e. The number of carbonyl (C=O) groups is 1. The van der Waals surface area contributed by atoms with Gasteiger partial charge in [0.05, 0.1) is 11.3 Å². The van der Waals surface area contributed by atoms with Crippen molar-refractivity contribution >= 4 is 27.5 Å². The molecule has 11 heteroatoms. The molecule has 0 spiro atoms. The molecule has 0 aliphatic carbocycles. The van der Waals surface area contributed by atoms with Crippen molar-refractivity contribution in [2.24, 2.45) is 0 Å². The highest BCUT2D eigenvalue weighted by atomic mass is 32.2. The summed E-state index contributed by atoms with van der Waals surface area (Å²) >= 11 is 0. The number of nitrogens with one attached hydrogen (secondary N) is 1. The molecule has 1 N–H and O–H groups in total. The number of amides is 1. The Balaban J connectivity index is 2.22. The van der Waals surface area contributed by atoms with Gasteiger partial charge in [-0.2, -0.15) is 25.9 Å². The monoisotopic (exact) mass is 419 g/mol. The van der Waals surface area contributed by atoms with Crippen molar-refractivity contribution in [1.82, 2.24) is 4.31 Å². The van der Waals surface area contributed by atoms with Gasteiger partial charge < -0.3 is 5.32 Å². The van der Waals surface area contributed by atoms with Crippen LogP contribution in [0.5, 0.6) is 0 Å². The maximum atomic E-state index is 13.1. The number of hydrogen-bond donors (Lipinski definition) is 1. The highest BCUT2D eigenvalue weighted by molar-refractivity contribution is 7.90. The van der Waals surface area contributed by atoms with E-state index in [1.54, 1.807) is 0 Å². The Morgan fingerprint density at radius 3 is 2.00 bits per heavy atom. The summed E-state index contributed by atoms with van der Waals surface area (Å²) in [6.07, 6.45) is -4.51. The van der Waals surface area contributed by atoms with E-state index >= 15 is 0 Å². The molecule has 0 aromatic heterocycles. The fraction of sp³-hybridized carbons (Fsp3) is 0.235. The molecular formula is C17H17F4N3O3S. The second kappa shape index (κ2) is 8.15. The first-order chi connectivity index (χ1) is 12.9. The van der Waals surface area contributed by atoms with Crippen molar-refractivity contribution in [3.8, 4) is 0 Å². The van der Waals surface area contributed by atoms with Gasteiger partial charge in [0.15, 0.2) is 0 Å². The van der Waals surface area contributed by atoms with Crippen molar-refractivity contribution in [3.05, 3.63) is 59.9 Å². The lowest BCUT2D eigenvalue weighted by molar-refractivity contribution is -0.137. The van der Waals surface area contributed by atoms with Crippen LogP contribution < -0.4 is 9.62 Å². The SMILES string of the molecule is CN(C)S(=O)(=O)N(CC(=O)Nc1ccc(C(F)(F)F)cc1)c1ccc(F)cc1. The minimum atomic E-state index is -4.51. The van der Waals surface area contributed by atoms with Crippen molar-refractivity contribution in [1.29, 1.82) is 0 Å². The predicted octanol–water partition coefficient (Wildman–Crippen LogP) is 3.10. The van der Waals surface area contributed by atoms with Crippen LogP contribution in [0.3, 0.4) is 0 Å². The molecule has 2 aromatic rings. The van der Waals surface area contributed by atoms with E-state index in [0.717, 1.165) is 45.0 Å². The van der Waals surface area contributed by atoms with E-state index in [0.29, 0.717) is 0 Å². The molecule has 0 saturated carbocycles. The number of hydrogen-bond acceptors (Lipinski definition) is 3. The Morgan fingerprint density at radius 1 is 1.00 bits per heavy atom. The highest BCUT2D eigenvalue weighted by Crippen LogP contribution is 2.29. The van der Waals surface area contributed by atoms with Gasteiger partial charge in [0.25, 0.3) is 0 Å². The largest absolute Gasteiger partial charge is 0.416 e. The zero-order valence-corrected chi connectivity index (χ0v) is 15.7. The number of benzene rings is 2. The summed E-state index contributed by atoms with van der Waals surface area (Å²) in [6, 6.07) is 8.19. The standard InChI is InChI=1S/C17H17F4N3O3S/c1-23(2)28(26,27)24(15-9-5-13(18)6-10-15)11-16(25)22-14-7-3-12(4-8-14)17(19,20)21/h3-10H,11H2,1-2H3,(H,22,25). The number of carbonyl (C=O) groups excluding carboxylic acids is 1. The van der Waals surface area contributed by atoms with Crippen molar-refractivity contribution in [2.45, 2.75) is 6.18 Å². The van der Waals surface area contributed by atoms with Crippen LogP contribution >= 0.6 is 0 Å². The molecular weight excluding hydrogens is 402 g/mol. The molecule has 0 saturated heterocycles. The first-order valence-electron chi connectivity index (χ1n) is 7.84. The van der Waals surface area contributed by atoms with Crippen molar-refractivity contribution in [3.63, 3.8) is 0 Å². The number of alkyl halides is 3. The number of halogens is 4. The Labute approximate surface area is 159 Å². The predicted molar refractivity (Wildman–Crippen MR) is 96.4 cm³/mol. The lowest BCUT2D eigenvalue weighted by Crippen LogP contribution is -2.44. The third kappa shape index (κ3) is 5.20. The molecule has 0 fully saturated rings. The highest BCUT2D eigenvalue weighted by Gasteiger charge is 2.30. The molecule has 0 radical (unpaired) electrons. The van der Waals surface area contributed by atoms with Gasteiger partial charge in [-0.25, -0.2) is 8.70 Å². The second-order valence-corrected chi connectivity index (χ2v) is 7.96. The molecule has 0 heterocycles. The topological polar surface area (TPSA) is 69.7 Å². The van der Waals surface area contributed by atoms with Gasteiger partial charge >= 0.3 is 16.4 Å². The Bertz CT molecular complexity index is 928. The number of rotatable bonds is 6. The van der Waals surface area contributed by atoms with Crippen LogP contribution in [0, 0.1) is 5.82 Å². The first kappa shape index (κ1) is 21.6. The van der Waals surface area contributed by atoms with Crippen molar-refractivity contribution in [2.75, 3.05) is 30.3 Å². The molecule has 6 nitrogen and oxygen atoms in total. The molecule has 2 aromatic carbocycles. The molecule has 0 atom stereocenters. The fourth-order valence-electron chi connectivity index (χ4n) is 2.18. The lowest BCUT2D eigenvalue weighted by atomic mass is 10.2. The minimum Gasteiger partial charge on any atom is -0.325 e. The van der Waals surface area contributed by atoms with Gasteiger partial charge in [-0.05, 0) is 48.5 Å². The van der Waals surface area contributed by atoms with E-state index < -0.39 is 40.2 Å². The zero-order valence-electron chi connectivity index (χ0n) is 14.9. The van der Waals surface area contributed by atoms with E-state index in [4.69, 9.17) is 0 Å². The van der Waals surface area contributed by atoms with Crippen molar-refractivity contribution < 1.29 is 30.8 Å². The quantitative estimate of drug-likeness (QED) is 0.732. The molecule has 0 unspecified atom stereocenters. The van der Waals surface area contributed by atoms with E-state index in [-0.39, 0.29) is 11.4 Å². The maximum absolute atomic E-state index is 13.1. The van der Waals surface area contributed by atoms with Gasteiger partial charge in [-0.1, -0.05) is 0 Å². The summed E-state index contributed by atoms with van der Waals surface area (Å²) in [6.45, 7) is -0.660. The summed E-state index contributed by atoms with van der Waals surface area (Å²) in [7, 11) is -1.56. The third-order valence-electron chi connectivity index (χ3n) is 3.64. The van der Waals surface area contributed by atoms with Crippen LogP contribution in [-0.4, -0.2) is 39.3 Å². The molecule has 152 valence electrons. The summed E-state index contributed by atoms with van der Waals surface area (Å²) in [5.41, 5.74) is -0.759. The average Bonchev–Trinajstić information content (AvgIpc) is 2.60. The van der Waals surface area contributed by atoms with Crippen LogP contribution in [-0.2, 0) is 21.2 Å². The van der Waals surface area contributed by atoms with Gasteiger partial charge in [-0.3, -0.25) is 4.79 Å². The summed E-state index contributed by atoms with van der Waals surface area (Å²) in [5, 5.41) is 2.34. The Morgan fingerprint density at radius 2 is 1.54 bits per heavy atom. The van der Waals surface area contributed by atoms with Crippen LogP contribution in [0.4, 0.5) is 28.9 Å². The van der Waals surface area contributed by atoms with Gasteiger partial charge in [0, 0.05) is 19.8 Å². The summed E-state index contributed by atoms with van der Waals surface area (Å²) in [5.74, 6) is -1.37. The average molecular weight is 419 g/mol. The van der Waals surface area contributed by atoms with Gasteiger partial charge in [0.2, 0.25) is 5.91 Å². The first-order valence-corrected chi connectivity index (χ1v) is 9.24. The summed E-state index contributed by atoms with van der Waals surface area (Å²) < 4.78 is 77.5. The van der Waals surface area contributed by atoms with Crippen LogP contribution in [0.1, 0.15) is 5.56 Å². The van der Waals surface area contributed by atoms with Crippen LogP contribution in [0.15, 0.2) is 48.5 Å². The number of nitrogens with zero attached hydrogens (tertiary/aromatic N) is 2. The van der Waals surface area contributed by atoms with Gasteiger partial charge in [-0.15, -0.1) is 0 Å². The van der Waals surface area contributed by atoms with Crippen LogP contribution in [0.2, 0.25) is 0 Å².